The Bertz CT molecular complexity index is 999. The van der Waals surface area contributed by atoms with E-state index in [2.05, 4.69) is 30.2 Å². The maximum absolute atomic E-state index is 4.63. The third-order valence-electron chi connectivity index (χ3n) is 3.43. The molecule has 0 fully saturated rings. The van der Waals surface area contributed by atoms with E-state index in [0.29, 0.717) is 11.8 Å². The van der Waals surface area contributed by atoms with Gasteiger partial charge in [-0.25, -0.2) is 19.9 Å². The summed E-state index contributed by atoms with van der Waals surface area (Å²) in [6.07, 6.45) is 5.31. The lowest BCUT2D eigenvalue weighted by Gasteiger charge is -2.05. The average Bonchev–Trinajstić information content (AvgIpc) is 3.13. The van der Waals surface area contributed by atoms with Crippen molar-refractivity contribution in [1.82, 2.24) is 24.9 Å². The first-order valence-electron chi connectivity index (χ1n) is 7.69. The van der Waals surface area contributed by atoms with Crippen molar-refractivity contribution in [2.24, 2.45) is 0 Å². The van der Waals surface area contributed by atoms with E-state index < -0.39 is 0 Å². The van der Waals surface area contributed by atoms with E-state index in [1.165, 1.54) is 0 Å². The first kappa shape index (κ1) is 15.3. The van der Waals surface area contributed by atoms with Crippen molar-refractivity contribution in [2.75, 3.05) is 5.32 Å². The Labute approximate surface area is 148 Å². The summed E-state index contributed by atoms with van der Waals surface area (Å²) in [5.41, 5.74) is 2.61. The van der Waals surface area contributed by atoms with Crippen LogP contribution in [0.1, 0.15) is 5.69 Å². The smallest absolute Gasteiger partial charge is 0.228 e. The third-order valence-corrected chi connectivity index (χ3v) is 4.47. The number of nitrogens with one attached hydrogen (secondary N) is 1. The number of anilines is 2. The van der Waals surface area contributed by atoms with E-state index in [9.17, 15) is 0 Å². The van der Waals surface area contributed by atoms with Gasteiger partial charge in [0, 0.05) is 24.3 Å². The van der Waals surface area contributed by atoms with Gasteiger partial charge in [0.1, 0.15) is 10.8 Å². The Kier molecular flexibility index (Phi) is 4.14. The van der Waals surface area contributed by atoms with Crippen molar-refractivity contribution in [3.63, 3.8) is 0 Å². The molecule has 0 unspecified atom stereocenters. The Morgan fingerprint density at radius 1 is 0.840 bits per heavy atom. The number of thiazole rings is 1. The van der Waals surface area contributed by atoms with Crippen molar-refractivity contribution in [3.05, 3.63) is 66.7 Å². The molecule has 0 atom stereocenters. The van der Waals surface area contributed by atoms with Crippen LogP contribution in [0.2, 0.25) is 0 Å². The fourth-order valence-electron chi connectivity index (χ4n) is 2.27. The highest BCUT2D eigenvalue weighted by Crippen LogP contribution is 2.30. The summed E-state index contributed by atoms with van der Waals surface area (Å²) >= 11 is 1.56. The zero-order valence-corrected chi connectivity index (χ0v) is 14.2. The molecule has 7 heteroatoms. The van der Waals surface area contributed by atoms with Crippen LogP contribution in [-0.4, -0.2) is 24.9 Å². The van der Waals surface area contributed by atoms with Gasteiger partial charge in [-0.3, -0.25) is 4.98 Å². The molecule has 4 heterocycles. The van der Waals surface area contributed by atoms with Crippen molar-refractivity contribution in [2.45, 2.75) is 6.92 Å². The molecule has 122 valence electrons. The molecule has 0 spiro atoms. The molecule has 0 aliphatic heterocycles. The zero-order chi connectivity index (χ0) is 17.1. The quantitative estimate of drug-likeness (QED) is 0.599. The number of pyridine rings is 2. The molecule has 4 rings (SSSR count). The lowest BCUT2D eigenvalue weighted by molar-refractivity contribution is 1.10. The first-order valence-corrected chi connectivity index (χ1v) is 8.51. The lowest BCUT2D eigenvalue weighted by atomic mass is 10.3. The molecule has 0 saturated carbocycles. The lowest BCUT2D eigenvalue weighted by Crippen LogP contribution is -1.99. The molecule has 0 aliphatic carbocycles. The van der Waals surface area contributed by atoms with Crippen LogP contribution in [0.4, 0.5) is 11.8 Å². The van der Waals surface area contributed by atoms with Crippen LogP contribution < -0.4 is 5.32 Å². The van der Waals surface area contributed by atoms with Crippen LogP contribution in [0, 0.1) is 6.92 Å². The predicted molar refractivity (Wildman–Crippen MR) is 98.6 cm³/mol. The van der Waals surface area contributed by atoms with E-state index in [1.807, 2.05) is 55.6 Å². The topological polar surface area (TPSA) is 76.5 Å². The molecule has 0 amide bonds. The molecule has 1 N–H and O–H groups in total. The molecule has 0 aliphatic rings. The summed E-state index contributed by atoms with van der Waals surface area (Å²) < 4.78 is 0. The van der Waals surface area contributed by atoms with Crippen LogP contribution in [0.25, 0.3) is 21.3 Å². The second-order valence-electron chi connectivity index (χ2n) is 5.30. The Morgan fingerprint density at radius 3 is 2.60 bits per heavy atom. The van der Waals surface area contributed by atoms with Crippen LogP contribution in [0.5, 0.6) is 0 Å². The van der Waals surface area contributed by atoms with E-state index in [4.69, 9.17) is 0 Å². The summed E-state index contributed by atoms with van der Waals surface area (Å²) in [5.74, 6) is 1.22. The summed E-state index contributed by atoms with van der Waals surface area (Å²) in [6, 6.07) is 13.4. The fraction of sp³-hybridized carbons (Fsp3) is 0.0556. The first-order chi connectivity index (χ1) is 12.3. The normalized spacial score (nSPS) is 10.6. The highest BCUT2D eigenvalue weighted by molar-refractivity contribution is 7.18. The van der Waals surface area contributed by atoms with Crippen molar-refractivity contribution in [3.8, 4) is 21.3 Å². The number of rotatable bonds is 4. The molecule has 25 heavy (non-hydrogen) atoms. The van der Waals surface area contributed by atoms with Gasteiger partial charge in [0.15, 0.2) is 0 Å². The second kappa shape index (κ2) is 6.74. The Hall–Kier alpha value is -3.19. The number of hydrogen-bond acceptors (Lipinski definition) is 7. The molecule has 0 saturated heterocycles. The molecule has 0 radical (unpaired) electrons. The van der Waals surface area contributed by atoms with Gasteiger partial charge in [-0.05, 0) is 37.3 Å². The van der Waals surface area contributed by atoms with Gasteiger partial charge in [-0.15, -0.1) is 11.3 Å². The van der Waals surface area contributed by atoms with Gasteiger partial charge in [0.2, 0.25) is 5.95 Å². The SMILES string of the molecule is Cc1ccnc(Nc2cccc(-c3cnc(-c4ccccn4)s3)n2)n1. The van der Waals surface area contributed by atoms with Gasteiger partial charge >= 0.3 is 0 Å². The standard InChI is InChI=1S/C18H14N6S/c1-12-8-10-20-18(22-12)24-16-7-4-6-13(23-16)15-11-21-17(25-15)14-5-2-3-9-19-14/h2-11H,1H3,(H,20,22,23,24). The van der Waals surface area contributed by atoms with E-state index in [0.717, 1.165) is 27.0 Å². The highest BCUT2D eigenvalue weighted by atomic mass is 32.1. The molecule has 0 aromatic carbocycles. The fourth-order valence-corrected chi connectivity index (χ4v) is 3.13. The molecule has 0 bridgehead atoms. The summed E-state index contributed by atoms with van der Waals surface area (Å²) in [7, 11) is 0. The molecular weight excluding hydrogens is 332 g/mol. The monoisotopic (exact) mass is 346 g/mol. The van der Waals surface area contributed by atoms with E-state index in [-0.39, 0.29) is 0 Å². The molecule has 6 nitrogen and oxygen atoms in total. The molecular formula is C18H14N6S. The number of hydrogen-bond donors (Lipinski definition) is 1. The minimum Gasteiger partial charge on any atom is -0.309 e. The molecule has 4 aromatic rings. The van der Waals surface area contributed by atoms with Crippen molar-refractivity contribution < 1.29 is 0 Å². The maximum atomic E-state index is 4.63. The number of aryl methyl sites for hydroxylation is 1. The van der Waals surface area contributed by atoms with Crippen LogP contribution in [0.3, 0.4) is 0 Å². The minimum absolute atomic E-state index is 0.531. The number of aromatic nitrogens is 5. The van der Waals surface area contributed by atoms with Crippen molar-refractivity contribution in [1.29, 1.82) is 0 Å². The summed E-state index contributed by atoms with van der Waals surface area (Å²) in [4.78, 5) is 22.9. The third kappa shape index (κ3) is 3.51. The minimum atomic E-state index is 0.531. The van der Waals surface area contributed by atoms with Gasteiger partial charge in [-0.1, -0.05) is 12.1 Å². The Balaban J connectivity index is 1.60. The highest BCUT2D eigenvalue weighted by Gasteiger charge is 2.09. The second-order valence-corrected chi connectivity index (χ2v) is 6.33. The Morgan fingerprint density at radius 2 is 1.76 bits per heavy atom. The van der Waals surface area contributed by atoms with Gasteiger partial charge in [0.25, 0.3) is 0 Å². The maximum Gasteiger partial charge on any atom is 0.228 e. The van der Waals surface area contributed by atoms with Crippen molar-refractivity contribution >= 4 is 23.1 Å². The van der Waals surface area contributed by atoms with Crippen LogP contribution >= 0.6 is 11.3 Å². The average molecular weight is 346 g/mol. The number of nitrogens with zero attached hydrogens (tertiary/aromatic N) is 5. The van der Waals surface area contributed by atoms with Crippen LogP contribution in [-0.2, 0) is 0 Å². The summed E-state index contributed by atoms with van der Waals surface area (Å²) in [5, 5.41) is 4.00. The zero-order valence-electron chi connectivity index (χ0n) is 13.4. The van der Waals surface area contributed by atoms with E-state index in [1.54, 1.807) is 23.7 Å². The summed E-state index contributed by atoms with van der Waals surface area (Å²) in [6.45, 7) is 1.92. The van der Waals surface area contributed by atoms with Gasteiger partial charge in [0.05, 0.1) is 16.3 Å². The van der Waals surface area contributed by atoms with E-state index >= 15 is 0 Å². The van der Waals surface area contributed by atoms with Gasteiger partial charge in [-0.2, -0.15) is 0 Å². The largest absolute Gasteiger partial charge is 0.309 e. The van der Waals surface area contributed by atoms with Crippen LogP contribution in [0.15, 0.2) is 61.1 Å². The van der Waals surface area contributed by atoms with Gasteiger partial charge < -0.3 is 5.32 Å². The predicted octanol–water partition coefficient (Wildman–Crippen LogP) is 4.11. The molecule has 4 aromatic heterocycles.